The zero-order chi connectivity index (χ0) is 13.2. The molecule has 2 fully saturated rings. The average molecular weight is 326 g/mol. The maximum absolute atomic E-state index is 12.3. The molecule has 1 atom stereocenters. The van der Waals surface area contributed by atoms with Gasteiger partial charge >= 0.3 is 0 Å². The lowest BCUT2D eigenvalue weighted by atomic mass is 10.2. The predicted octanol–water partition coefficient (Wildman–Crippen LogP) is 1.33. The fourth-order valence-electron chi connectivity index (χ4n) is 2.21. The number of morpholine rings is 1. The molecule has 1 aliphatic carbocycles. The monoisotopic (exact) mass is 325 g/mol. The normalized spacial score (nSPS) is 23.2. The van der Waals surface area contributed by atoms with Gasteiger partial charge in [0.2, 0.25) is 5.91 Å². The summed E-state index contributed by atoms with van der Waals surface area (Å²) in [4.78, 5) is 18.5. The first-order chi connectivity index (χ1) is 9.24. The van der Waals surface area contributed by atoms with Crippen LogP contribution in [0.3, 0.4) is 0 Å². The summed E-state index contributed by atoms with van der Waals surface area (Å²) in [5, 5.41) is 3.05. The van der Waals surface area contributed by atoms with Crippen molar-refractivity contribution in [2.45, 2.75) is 24.9 Å². The summed E-state index contributed by atoms with van der Waals surface area (Å²) in [7, 11) is 0. The van der Waals surface area contributed by atoms with Crippen LogP contribution in [0.5, 0.6) is 0 Å². The van der Waals surface area contributed by atoms with Gasteiger partial charge in [0.1, 0.15) is 6.04 Å². The number of anilines is 1. The molecule has 1 N–H and O–H groups in total. The number of hydrogen-bond donors (Lipinski definition) is 1. The highest BCUT2D eigenvalue weighted by Crippen LogP contribution is 2.24. The zero-order valence-electron chi connectivity index (χ0n) is 10.5. The minimum absolute atomic E-state index is 0.0576. The van der Waals surface area contributed by atoms with Gasteiger partial charge in [0.25, 0.3) is 0 Å². The Morgan fingerprint density at radius 2 is 2.32 bits per heavy atom. The lowest BCUT2D eigenvalue weighted by Crippen LogP contribution is -2.54. The maximum Gasteiger partial charge on any atom is 0.245 e. The average Bonchev–Trinajstić information content (AvgIpc) is 3.23. The van der Waals surface area contributed by atoms with Crippen molar-refractivity contribution in [2.75, 3.05) is 24.7 Å². The summed E-state index contributed by atoms with van der Waals surface area (Å²) >= 11 is 3.42. The standard InChI is InChI=1S/C13H16BrN3O2/c14-9-5-11(7-15-6-9)17-3-4-19-8-12(17)13(18)16-10-1-2-10/h5-7,10,12H,1-4,8H2,(H,16,18). The van der Waals surface area contributed by atoms with Crippen molar-refractivity contribution >= 4 is 27.5 Å². The number of amides is 1. The Labute approximate surface area is 120 Å². The molecule has 3 rings (SSSR count). The zero-order valence-corrected chi connectivity index (χ0v) is 12.1. The number of aromatic nitrogens is 1. The second-order valence-electron chi connectivity index (χ2n) is 4.93. The number of rotatable bonds is 3. The van der Waals surface area contributed by atoms with Crippen molar-refractivity contribution in [3.8, 4) is 0 Å². The van der Waals surface area contributed by atoms with Crippen LogP contribution in [0.1, 0.15) is 12.8 Å². The van der Waals surface area contributed by atoms with Crippen LogP contribution in [0.2, 0.25) is 0 Å². The third kappa shape index (κ3) is 3.06. The molecule has 1 aromatic heterocycles. The van der Waals surface area contributed by atoms with Crippen molar-refractivity contribution in [1.29, 1.82) is 0 Å². The summed E-state index contributed by atoms with van der Waals surface area (Å²) in [6, 6.07) is 2.10. The second-order valence-corrected chi connectivity index (χ2v) is 5.84. The lowest BCUT2D eigenvalue weighted by molar-refractivity contribution is -0.124. The molecule has 1 aliphatic heterocycles. The molecule has 2 heterocycles. The van der Waals surface area contributed by atoms with E-state index in [1.165, 1.54) is 0 Å². The van der Waals surface area contributed by atoms with Gasteiger partial charge in [0.05, 0.1) is 25.1 Å². The van der Waals surface area contributed by atoms with E-state index in [1.807, 2.05) is 6.07 Å². The lowest BCUT2D eigenvalue weighted by Gasteiger charge is -2.36. The molecule has 19 heavy (non-hydrogen) atoms. The molecule has 0 aromatic carbocycles. The Hall–Kier alpha value is -1.14. The van der Waals surface area contributed by atoms with Gasteiger partial charge in [-0.1, -0.05) is 0 Å². The van der Waals surface area contributed by atoms with E-state index in [-0.39, 0.29) is 11.9 Å². The Morgan fingerprint density at radius 3 is 3.05 bits per heavy atom. The molecule has 1 saturated heterocycles. The Bertz CT molecular complexity index is 479. The molecule has 1 unspecified atom stereocenters. The minimum Gasteiger partial charge on any atom is -0.377 e. The van der Waals surface area contributed by atoms with Crippen molar-refractivity contribution in [2.24, 2.45) is 0 Å². The van der Waals surface area contributed by atoms with E-state index in [1.54, 1.807) is 12.4 Å². The van der Waals surface area contributed by atoms with Crippen molar-refractivity contribution in [3.05, 3.63) is 22.9 Å². The fourth-order valence-corrected chi connectivity index (χ4v) is 2.57. The Balaban J connectivity index is 1.77. The number of ether oxygens (including phenoxy) is 1. The molecule has 102 valence electrons. The molecular formula is C13H16BrN3O2. The molecule has 6 heteroatoms. The van der Waals surface area contributed by atoms with E-state index in [0.29, 0.717) is 25.8 Å². The van der Waals surface area contributed by atoms with Crippen molar-refractivity contribution in [3.63, 3.8) is 0 Å². The van der Waals surface area contributed by atoms with Gasteiger partial charge in [-0.05, 0) is 34.8 Å². The highest BCUT2D eigenvalue weighted by molar-refractivity contribution is 9.10. The van der Waals surface area contributed by atoms with Gasteiger partial charge in [-0.3, -0.25) is 9.78 Å². The van der Waals surface area contributed by atoms with Crippen LogP contribution < -0.4 is 10.2 Å². The quantitative estimate of drug-likeness (QED) is 0.910. The first kappa shape index (κ1) is 12.9. The highest BCUT2D eigenvalue weighted by atomic mass is 79.9. The third-order valence-corrected chi connectivity index (χ3v) is 3.81. The molecule has 1 saturated carbocycles. The number of halogens is 1. The molecule has 2 aliphatic rings. The minimum atomic E-state index is -0.259. The first-order valence-corrected chi connectivity index (χ1v) is 7.28. The molecule has 1 amide bonds. The van der Waals surface area contributed by atoms with Crippen LogP contribution in [-0.4, -0.2) is 42.7 Å². The number of pyridine rings is 1. The fraction of sp³-hybridized carbons (Fsp3) is 0.538. The van der Waals surface area contributed by atoms with Gasteiger partial charge in [0.15, 0.2) is 0 Å². The summed E-state index contributed by atoms with van der Waals surface area (Å²) in [5.41, 5.74) is 0.952. The van der Waals surface area contributed by atoms with Gasteiger partial charge in [-0.2, -0.15) is 0 Å². The number of hydrogen-bond acceptors (Lipinski definition) is 4. The van der Waals surface area contributed by atoms with E-state index < -0.39 is 0 Å². The van der Waals surface area contributed by atoms with Crippen molar-refractivity contribution in [1.82, 2.24) is 10.3 Å². The molecule has 5 nitrogen and oxygen atoms in total. The molecule has 0 spiro atoms. The highest BCUT2D eigenvalue weighted by Gasteiger charge is 2.33. The van der Waals surface area contributed by atoms with Crippen LogP contribution in [0, 0.1) is 0 Å². The van der Waals surface area contributed by atoms with Crippen LogP contribution in [-0.2, 0) is 9.53 Å². The Kier molecular flexibility index (Phi) is 3.70. The number of carbonyl (C=O) groups excluding carboxylic acids is 1. The summed E-state index contributed by atoms with van der Waals surface area (Å²) in [6.07, 6.45) is 5.71. The van der Waals surface area contributed by atoms with Gasteiger partial charge in [-0.25, -0.2) is 0 Å². The number of carbonyl (C=O) groups is 1. The van der Waals surface area contributed by atoms with Gasteiger partial charge in [0, 0.05) is 23.3 Å². The molecule has 0 bridgehead atoms. The first-order valence-electron chi connectivity index (χ1n) is 6.49. The van der Waals surface area contributed by atoms with Crippen LogP contribution in [0.15, 0.2) is 22.9 Å². The van der Waals surface area contributed by atoms with Crippen LogP contribution in [0.25, 0.3) is 0 Å². The van der Waals surface area contributed by atoms with E-state index in [4.69, 9.17) is 4.74 Å². The number of nitrogens with zero attached hydrogens (tertiary/aromatic N) is 2. The van der Waals surface area contributed by atoms with Crippen LogP contribution in [0.4, 0.5) is 5.69 Å². The van der Waals surface area contributed by atoms with Gasteiger partial charge in [-0.15, -0.1) is 0 Å². The molecule has 0 radical (unpaired) electrons. The third-order valence-electron chi connectivity index (χ3n) is 3.38. The Morgan fingerprint density at radius 1 is 1.47 bits per heavy atom. The topological polar surface area (TPSA) is 54.5 Å². The SMILES string of the molecule is O=C(NC1CC1)C1COCCN1c1cncc(Br)c1. The van der Waals surface area contributed by atoms with E-state index in [9.17, 15) is 4.79 Å². The van der Waals surface area contributed by atoms with E-state index >= 15 is 0 Å². The largest absolute Gasteiger partial charge is 0.377 e. The van der Waals surface area contributed by atoms with Crippen LogP contribution >= 0.6 is 15.9 Å². The smallest absolute Gasteiger partial charge is 0.245 e. The van der Waals surface area contributed by atoms with E-state index in [2.05, 4.69) is 31.1 Å². The second kappa shape index (κ2) is 5.46. The maximum atomic E-state index is 12.3. The van der Waals surface area contributed by atoms with Crippen molar-refractivity contribution < 1.29 is 9.53 Å². The van der Waals surface area contributed by atoms with E-state index in [0.717, 1.165) is 23.0 Å². The molecule has 1 aromatic rings. The summed E-state index contributed by atoms with van der Waals surface area (Å²) < 4.78 is 6.37. The van der Waals surface area contributed by atoms with Gasteiger partial charge < -0.3 is 15.0 Å². The molecular weight excluding hydrogens is 310 g/mol. The predicted molar refractivity (Wildman–Crippen MR) is 75.1 cm³/mol. The number of nitrogens with one attached hydrogen (secondary N) is 1. The summed E-state index contributed by atoms with van der Waals surface area (Å²) in [6.45, 7) is 1.78. The summed E-state index contributed by atoms with van der Waals surface area (Å²) in [5.74, 6) is 0.0576.